The lowest BCUT2D eigenvalue weighted by Gasteiger charge is -2.26. The van der Waals surface area contributed by atoms with Crippen molar-refractivity contribution in [1.29, 1.82) is 0 Å². The zero-order valence-corrected chi connectivity index (χ0v) is 13.1. The molecule has 3 heteroatoms. The third kappa shape index (κ3) is 2.95. The van der Waals surface area contributed by atoms with E-state index in [1.807, 2.05) is 11.3 Å². The predicted molar refractivity (Wildman–Crippen MR) is 80.4 cm³/mol. The third-order valence-electron chi connectivity index (χ3n) is 3.96. The van der Waals surface area contributed by atoms with Gasteiger partial charge in [0.25, 0.3) is 0 Å². The highest BCUT2D eigenvalue weighted by Crippen LogP contribution is 2.39. The van der Waals surface area contributed by atoms with E-state index in [0.29, 0.717) is 12.1 Å². The molecule has 102 valence electrons. The van der Waals surface area contributed by atoms with Crippen LogP contribution in [0.2, 0.25) is 0 Å². The first-order chi connectivity index (χ1) is 8.49. The number of hydrogen-bond donors (Lipinski definition) is 1. The van der Waals surface area contributed by atoms with Crippen LogP contribution in [0.1, 0.15) is 41.6 Å². The standard InChI is InChI=1S/C15H26N2S/c1-10(2)16-9-13-6-7-17(5)15(13)14-8-11(3)18-12(14)4/h8,10,13,15-16H,6-7,9H2,1-5H3. The van der Waals surface area contributed by atoms with Crippen molar-refractivity contribution in [1.82, 2.24) is 10.2 Å². The molecule has 0 aromatic carbocycles. The van der Waals surface area contributed by atoms with E-state index in [1.54, 1.807) is 5.56 Å². The summed E-state index contributed by atoms with van der Waals surface area (Å²) >= 11 is 1.94. The van der Waals surface area contributed by atoms with Crippen molar-refractivity contribution >= 4 is 11.3 Å². The average molecular weight is 266 g/mol. The molecule has 0 radical (unpaired) electrons. The van der Waals surface area contributed by atoms with Gasteiger partial charge >= 0.3 is 0 Å². The minimum atomic E-state index is 0.585. The van der Waals surface area contributed by atoms with Gasteiger partial charge in [-0.05, 0) is 51.4 Å². The molecular formula is C15H26N2S. The zero-order chi connectivity index (χ0) is 13.3. The molecule has 1 aromatic rings. The fraction of sp³-hybridized carbons (Fsp3) is 0.733. The topological polar surface area (TPSA) is 15.3 Å². The molecule has 1 saturated heterocycles. The Balaban J connectivity index is 2.14. The Morgan fingerprint density at radius 1 is 1.44 bits per heavy atom. The maximum Gasteiger partial charge on any atom is 0.0396 e. The first-order valence-corrected chi connectivity index (χ1v) is 7.81. The second-order valence-electron chi connectivity index (χ2n) is 5.91. The fourth-order valence-corrected chi connectivity index (χ4v) is 4.03. The Morgan fingerprint density at radius 3 is 2.72 bits per heavy atom. The molecule has 2 atom stereocenters. The van der Waals surface area contributed by atoms with Gasteiger partial charge in [0, 0.05) is 28.4 Å². The SMILES string of the molecule is Cc1cc(C2C(CNC(C)C)CCN2C)c(C)s1. The summed E-state index contributed by atoms with van der Waals surface area (Å²) in [6.45, 7) is 11.3. The van der Waals surface area contributed by atoms with Gasteiger partial charge < -0.3 is 5.32 Å². The first-order valence-electron chi connectivity index (χ1n) is 6.99. The molecule has 1 N–H and O–H groups in total. The van der Waals surface area contributed by atoms with Crippen molar-refractivity contribution < 1.29 is 0 Å². The van der Waals surface area contributed by atoms with E-state index in [9.17, 15) is 0 Å². The molecule has 2 nitrogen and oxygen atoms in total. The van der Waals surface area contributed by atoms with Crippen molar-refractivity contribution in [2.45, 2.75) is 46.2 Å². The Kier molecular flexibility index (Phi) is 4.46. The van der Waals surface area contributed by atoms with Crippen LogP contribution in [0.3, 0.4) is 0 Å². The van der Waals surface area contributed by atoms with E-state index in [-0.39, 0.29) is 0 Å². The van der Waals surface area contributed by atoms with Crippen LogP contribution in [0, 0.1) is 19.8 Å². The lowest BCUT2D eigenvalue weighted by Crippen LogP contribution is -2.32. The fourth-order valence-electron chi connectivity index (χ4n) is 3.06. The molecule has 1 aliphatic heterocycles. The van der Waals surface area contributed by atoms with Crippen molar-refractivity contribution in [2.75, 3.05) is 20.1 Å². The normalized spacial score (nSPS) is 25.2. The summed E-state index contributed by atoms with van der Waals surface area (Å²) in [7, 11) is 2.27. The molecule has 1 aliphatic rings. The van der Waals surface area contributed by atoms with Gasteiger partial charge in [-0.3, -0.25) is 4.90 Å². The Morgan fingerprint density at radius 2 is 2.17 bits per heavy atom. The molecule has 2 heterocycles. The minimum Gasteiger partial charge on any atom is -0.314 e. The van der Waals surface area contributed by atoms with E-state index >= 15 is 0 Å². The number of likely N-dealkylation sites (tertiary alicyclic amines) is 1. The molecule has 0 spiro atoms. The van der Waals surface area contributed by atoms with Crippen LogP contribution in [-0.4, -0.2) is 31.1 Å². The van der Waals surface area contributed by atoms with E-state index in [1.165, 1.54) is 22.7 Å². The highest BCUT2D eigenvalue weighted by molar-refractivity contribution is 7.12. The smallest absolute Gasteiger partial charge is 0.0396 e. The summed E-state index contributed by atoms with van der Waals surface area (Å²) in [6, 6.07) is 3.59. The molecule has 2 unspecified atom stereocenters. The van der Waals surface area contributed by atoms with Crippen LogP contribution in [0.15, 0.2) is 6.07 Å². The molecule has 0 amide bonds. The third-order valence-corrected chi connectivity index (χ3v) is 4.94. The summed E-state index contributed by atoms with van der Waals surface area (Å²) in [5, 5.41) is 3.61. The second kappa shape index (κ2) is 5.72. The highest BCUT2D eigenvalue weighted by Gasteiger charge is 2.34. The molecule has 2 rings (SSSR count). The average Bonchev–Trinajstić information content (AvgIpc) is 2.79. The summed E-state index contributed by atoms with van der Waals surface area (Å²) < 4.78 is 0. The number of aryl methyl sites for hydroxylation is 2. The second-order valence-corrected chi connectivity index (χ2v) is 7.37. The quantitative estimate of drug-likeness (QED) is 0.899. The highest BCUT2D eigenvalue weighted by atomic mass is 32.1. The Hall–Kier alpha value is -0.380. The molecular weight excluding hydrogens is 240 g/mol. The maximum absolute atomic E-state index is 3.61. The number of rotatable bonds is 4. The van der Waals surface area contributed by atoms with Crippen LogP contribution in [-0.2, 0) is 0 Å². The molecule has 18 heavy (non-hydrogen) atoms. The van der Waals surface area contributed by atoms with E-state index in [0.717, 1.165) is 12.5 Å². The van der Waals surface area contributed by atoms with E-state index < -0.39 is 0 Å². The van der Waals surface area contributed by atoms with Gasteiger partial charge in [-0.2, -0.15) is 0 Å². The minimum absolute atomic E-state index is 0.585. The van der Waals surface area contributed by atoms with Crippen LogP contribution < -0.4 is 5.32 Å². The summed E-state index contributed by atoms with van der Waals surface area (Å²) in [5.41, 5.74) is 1.56. The van der Waals surface area contributed by atoms with Crippen molar-refractivity contribution in [3.05, 3.63) is 21.4 Å². The molecule has 1 fully saturated rings. The monoisotopic (exact) mass is 266 g/mol. The van der Waals surface area contributed by atoms with Crippen LogP contribution >= 0.6 is 11.3 Å². The molecule has 0 saturated carbocycles. The lowest BCUT2D eigenvalue weighted by atomic mass is 9.93. The number of nitrogens with zero attached hydrogens (tertiary/aromatic N) is 1. The number of thiophene rings is 1. The molecule has 0 aliphatic carbocycles. The van der Waals surface area contributed by atoms with Crippen molar-refractivity contribution in [2.24, 2.45) is 5.92 Å². The summed E-state index contributed by atoms with van der Waals surface area (Å²) in [4.78, 5) is 5.47. The van der Waals surface area contributed by atoms with Gasteiger partial charge in [0.1, 0.15) is 0 Å². The lowest BCUT2D eigenvalue weighted by molar-refractivity contribution is 0.269. The van der Waals surface area contributed by atoms with Gasteiger partial charge in [0.15, 0.2) is 0 Å². The van der Waals surface area contributed by atoms with Gasteiger partial charge in [-0.1, -0.05) is 13.8 Å². The number of nitrogens with one attached hydrogen (secondary N) is 1. The summed E-state index contributed by atoms with van der Waals surface area (Å²) in [6.07, 6.45) is 1.31. The Bertz CT molecular complexity index is 397. The zero-order valence-electron chi connectivity index (χ0n) is 12.3. The van der Waals surface area contributed by atoms with Crippen LogP contribution in [0.5, 0.6) is 0 Å². The van der Waals surface area contributed by atoms with Crippen molar-refractivity contribution in [3.63, 3.8) is 0 Å². The van der Waals surface area contributed by atoms with E-state index in [4.69, 9.17) is 0 Å². The van der Waals surface area contributed by atoms with Gasteiger partial charge in [-0.15, -0.1) is 11.3 Å². The molecule has 0 bridgehead atoms. The van der Waals surface area contributed by atoms with Gasteiger partial charge in [0.05, 0.1) is 0 Å². The predicted octanol–water partition coefficient (Wildman–Crippen LogP) is 3.36. The van der Waals surface area contributed by atoms with Gasteiger partial charge in [0.2, 0.25) is 0 Å². The van der Waals surface area contributed by atoms with Crippen molar-refractivity contribution in [3.8, 4) is 0 Å². The maximum atomic E-state index is 3.61. The van der Waals surface area contributed by atoms with Crippen LogP contribution in [0.4, 0.5) is 0 Å². The number of hydrogen-bond acceptors (Lipinski definition) is 3. The largest absolute Gasteiger partial charge is 0.314 e. The van der Waals surface area contributed by atoms with Gasteiger partial charge in [-0.25, -0.2) is 0 Å². The Labute approximate surface area is 115 Å². The van der Waals surface area contributed by atoms with Crippen LogP contribution in [0.25, 0.3) is 0 Å². The summed E-state index contributed by atoms with van der Waals surface area (Å²) in [5.74, 6) is 0.755. The molecule has 1 aromatic heterocycles. The first kappa shape index (κ1) is 14.0. The van der Waals surface area contributed by atoms with E-state index in [2.05, 4.69) is 51.0 Å².